The van der Waals surface area contributed by atoms with Gasteiger partial charge in [-0.05, 0) is 19.1 Å². The fourth-order valence-corrected chi connectivity index (χ4v) is 0.977. The van der Waals surface area contributed by atoms with Crippen molar-refractivity contribution in [3.05, 3.63) is 18.3 Å². The second-order valence-corrected chi connectivity index (χ2v) is 2.61. The van der Waals surface area contributed by atoms with E-state index in [4.69, 9.17) is 0 Å². The van der Waals surface area contributed by atoms with Crippen molar-refractivity contribution in [2.75, 3.05) is 18.5 Å². The van der Waals surface area contributed by atoms with E-state index in [1.54, 1.807) is 6.92 Å². The van der Waals surface area contributed by atoms with Gasteiger partial charge in [0.15, 0.2) is 0 Å². The Labute approximate surface area is 66.0 Å². The number of likely N-dealkylation sites (N-methyl/N-ethyl adjacent to an activating group) is 1. The van der Waals surface area contributed by atoms with Crippen LogP contribution in [0, 0.1) is 0 Å². The number of rotatable bonds is 3. The summed E-state index contributed by atoms with van der Waals surface area (Å²) in [6.07, 6.45) is 1.84. The van der Waals surface area contributed by atoms with Crippen LogP contribution in [0.25, 0.3) is 0 Å². The van der Waals surface area contributed by atoms with Gasteiger partial charge < -0.3 is 9.88 Å². The molecule has 3 nitrogen and oxygen atoms in total. The zero-order chi connectivity index (χ0) is 8.27. The van der Waals surface area contributed by atoms with Crippen LogP contribution >= 0.6 is 0 Å². The van der Waals surface area contributed by atoms with E-state index in [0.717, 1.165) is 5.82 Å². The molecule has 1 aromatic heterocycles. The van der Waals surface area contributed by atoms with Gasteiger partial charge >= 0.3 is 0 Å². The smallest absolute Gasteiger partial charge is 0.149 e. The van der Waals surface area contributed by atoms with Crippen molar-refractivity contribution in [3.8, 4) is 0 Å². The van der Waals surface area contributed by atoms with Gasteiger partial charge in [0, 0.05) is 13.2 Å². The summed E-state index contributed by atoms with van der Waals surface area (Å²) in [6.45, 7) is 2.04. The van der Waals surface area contributed by atoms with Crippen molar-refractivity contribution >= 4 is 11.6 Å². The monoisotopic (exact) mass is 152 g/mol. The molecule has 0 radical (unpaired) electrons. The molecule has 0 fully saturated rings. The van der Waals surface area contributed by atoms with Crippen molar-refractivity contribution in [2.24, 2.45) is 0 Å². The maximum atomic E-state index is 10.7. The molecule has 0 aromatic carbocycles. The molecule has 3 heteroatoms. The molecule has 0 aliphatic carbocycles. The topological polar surface area (TPSA) is 36.1 Å². The van der Waals surface area contributed by atoms with Crippen LogP contribution < -0.4 is 4.90 Å². The van der Waals surface area contributed by atoms with Crippen LogP contribution in [0.15, 0.2) is 18.3 Å². The number of hydrogen-bond donors (Lipinski definition) is 1. The van der Waals surface area contributed by atoms with Gasteiger partial charge in [0.25, 0.3) is 0 Å². The van der Waals surface area contributed by atoms with Crippen molar-refractivity contribution in [1.29, 1.82) is 0 Å². The average Bonchev–Trinajstić information content (AvgIpc) is 2.35. The Bertz CT molecular complexity index is 228. The minimum absolute atomic E-state index is 0.169. The first-order valence-electron chi connectivity index (χ1n) is 3.54. The second-order valence-electron chi connectivity index (χ2n) is 2.61. The minimum atomic E-state index is 0.169. The normalized spacial score (nSPS) is 9.64. The highest BCUT2D eigenvalue weighted by molar-refractivity contribution is 5.80. The molecule has 0 unspecified atom stereocenters. The van der Waals surface area contributed by atoms with E-state index in [-0.39, 0.29) is 5.78 Å². The predicted octanol–water partition coefficient (Wildman–Crippen LogP) is 1.04. The van der Waals surface area contributed by atoms with E-state index >= 15 is 0 Å². The fraction of sp³-hybridized carbons (Fsp3) is 0.375. The minimum Gasteiger partial charge on any atom is -0.354 e. The van der Waals surface area contributed by atoms with Crippen molar-refractivity contribution < 1.29 is 4.79 Å². The molecule has 0 atom stereocenters. The molecule has 0 aliphatic rings. The summed E-state index contributed by atoms with van der Waals surface area (Å²) in [7, 11) is 1.88. The molecule has 11 heavy (non-hydrogen) atoms. The molecule has 1 heterocycles. The molecule has 1 rings (SSSR count). The zero-order valence-corrected chi connectivity index (χ0v) is 6.79. The maximum Gasteiger partial charge on any atom is 0.149 e. The van der Waals surface area contributed by atoms with Gasteiger partial charge in [-0.3, -0.25) is 4.79 Å². The number of nitrogens with one attached hydrogen (secondary N) is 1. The maximum absolute atomic E-state index is 10.7. The molecule has 0 aliphatic heterocycles. The lowest BCUT2D eigenvalue weighted by atomic mass is 10.4. The van der Waals surface area contributed by atoms with E-state index in [9.17, 15) is 4.79 Å². The number of nitrogens with zero attached hydrogens (tertiary/aromatic N) is 1. The number of aromatic amines is 1. The lowest BCUT2D eigenvalue weighted by molar-refractivity contribution is -0.115. The Balaban J connectivity index is 2.56. The van der Waals surface area contributed by atoms with E-state index < -0.39 is 0 Å². The SMILES string of the molecule is CC(=O)CN(C)c1ccc[nH]1. The molecular weight excluding hydrogens is 140 g/mol. The van der Waals surface area contributed by atoms with Gasteiger partial charge in [0.1, 0.15) is 11.6 Å². The molecular formula is C8H12N2O. The summed E-state index contributed by atoms with van der Waals surface area (Å²) in [5, 5.41) is 0. The quantitative estimate of drug-likeness (QED) is 0.702. The molecule has 0 spiro atoms. The Morgan fingerprint density at radius 1 is 1.73 bits per heavy atom. The lowest BCUT2D eigenvalue weighted by Gasteiger charge is -2.14. The summed E-state index contributed by atoms with van der Waals surface area (Å²) < 4.78 is 0. The van der Waals surface area contributed by atoms with Gasteiger partial charge in [0.05, 0.1) is 6.54 Å². The zero-order valence-electron chi connectivity index (χ0n) is 6.79. The summed E-state index contributed by atoms with van der Waals surface area (Å²) >= 11 is 0. The van der Waals surface area contributed by atoms with Gasteiger partial charge in [-0.25, -0.2) is 0 Å². The molecule has 0 amide bonds. The molecule has 60 valence electrons. The van der Waals surface area contributed by atoms with Gasteiger partial charge in [-0.1, -0.05) is 0 Å². The Morgan fingerprint density at radius 2 is 2.45 bits per heavy atom. The first kappa shape index (κ1) is 7.85. The van der Waals surface area contributed by atoms with Crippen LogP contribution in [-0.2, 0) is 4.79 Å². The standard InChI is InChI=1S/C8H12N2O/c1-7(11)6-10(2)8-4-3-5-9-8/h3-5,9H,6H2,1-2H3. The average molecular weight is 152 g/mol. The van der Waals surface area contributed by atoms with Crippen LogP contribution in [0.4, 0.5) is 5.82 Å². The number of carbonyl (C=O) groups excluding carboxylic acids is 1. The van der Waals surface area contributed by atoms with Crippen LogP contribution in [0.5, 0.6) is 0 Å². The third-order valence-electron chi connectivity index (χ3n) is 1.45. The molecule has 0 bridgehead atoms. The Morgan fingerprint density at radius 3 is 2.91 bits per heavy atom. The number of hydrogen-bond acceptors (Lipinski definition) is 2. The third-order valence-corrected chi connectivity index (χ3v) is 1.45. The van der Waals surface area contributed by atoms with Crippen LogP contribution in [-0.4, -0.2) is 24.4 Å². The number of aromatic nitrogens is 1. The largest absolute Gasteiger partial charge is 0.354 e. The van der Waals surface area contributed by atoms with Gasteiger partial charge in [-0.2, -0.15) is 0 Å². The van der Waals surface area contributed by atoms with E-state index in [2.05, 4.69) is 4.98 Å². The first-order chi connectivity index (χ1) is 5.20. The Hall–Kier alpha value is -1.25. The Kier molecular flexibility index (Phi) is 2.31. The molecule has 0 saturated carbocycles. The fourth-order valence-electron chi connectivity index (χ4n) is 0.977. The number of carbonyl (C=O) groups is 1. The highest BCUT2D eigenvalue weighted by Gasteiger charge is 2.02. The molecule has 1 aromatic rings. The highest BCUT2D eigenvalue weighted by Crippen LogP contribution is 2.06. The number of Topliss-reactive ketones (excluding diaryl/α,β-unsaturated/α-hetero) is 1. The molecule has 1 N–H and O–H groups in total. The number of anilines is 1. The first-order valence-corrected chi connectivity index (χ1v) is 3.54. The third kappa shape index (κ3) is 2.11. The second kappa shape index (κ2) is 3.23. The van der Waals surface area contributed by atoms with Gasteiger partial charge in [0.2, 0.25) is 0 Å². The van der Waals surface area contributed by atoms with E-state index in [0.29, 0.717) is 6.54 Å². The van der Waals surface area contributed by atoms with E-state index in [1.165, 1.54) is 0 Å². The highest BCUT2D eigenvalue weighted by atomic mass is 16.1. The number of ketones is 1. The lowest BCUT2D eigenvalue weighted by Crippen LogP contribution is -2.23. The van der Waals surface area contributed by atoms with Gasteiger partial charge in [-0.15, -0.1) is 0 Å². The summed E-state index contributed by atoms with van der Waals surface area (Å²) in [4.78, 5) is 15.6. The van der Waals surface area contributed by atoms with E-state index in [1.807, 2.05) is 30.3 Å². The van der Waals surface area contributed by atoms with Crippen LogP contribution in [0.2, 0.25) is 0 Å². The molecule has 0 saturated heterocycles. The number of H-pyrrole nitrogens is 1. The summed E-state index contributed by atoms with van der Waals surface area (Å²) in [5.74, 6) is 1.14. The van der Waals surface area contributed by atoms with Crippen LogP contribution in [0.1, 0.15) is 6.92 Å². The van der Waals surface area contributed by atoms with Crippen molar-refractivity contribution in [3.63, 3.8) is 0 Å². The summed E-state index contributed by atoms with van der Waals surface area (Å²) in [6, 6.07) is 3.84. The van der Waals surface area contributed by atoms with Crippen LogP contribution in [0.3, 0.4) is 0 Å². The predicted molar refractivity (Wildman–Crippen MR) is 44.7 cm³/mol. The van der Waals surface area contributed by atoms with Crippen molar-refractivity contribution in [1.82, 2.24) is 4.98 Å². The van der Waals surface area contributed by atoms with Crippen molar-refractivity contribution in [2.45, 2.75) is 6.92 Å². The summed E-state index contributed by atoms with van der Waals surface area (Å²) in [5.41, 5.74) is 0.